The molecule has 37 heavy (non-hydrogen) atoms. The standard InChI is InChI=1S/C26H28N4O2.2C2H6.CH4.H2/c1-5-28-21-13-23-19(11-15(21)3)26(18-10-8-7-9-17(18)25(31)30(26)27)20-12-16(4)22(29-6-2)14-24(20)32-23;2*1-2;;/h7-14,28-29H,5-6,27H2,1-4H3;2*1-2H3;1H4;1H. The number of carbonyl (C=O) groups is 1. The summed E-state index contributed by atoms with van der Waals surface area (Å²) in [7, 11) is 0. The van der Waals surface area contributed by atoms with Gasteiger partial charge >= 0.3 is 0 Å². The van der Waals surface area contributed by atoms with Crippen molar-refractivity contribution in [3.05, 3.63) is 81.9 Å². The van der Waals surface area contributed by atoms with Crippen molar-refractivity contribution < 1.29 is 11.0 Å². The van der Waals surface area contributed by atoms with Gasteiger partial charge < -0.3 is 15.4 Å². The summed E-state index contributed by atoms with van der Waals surface area (Å²) in [5.74, 6) is 7.86. The van der Waals surface area contributed by atoms with Gasteiger partial charge in [-0.15, -0.1) is 0 Å². The van der Waals surface area contributed by atoms with Crippen molar-refractivity contribution >= 4 is 17.3 Å². The second kappa shape index (κ2) is 12.2. The first-order valence-electron chi connectivity index (χ1n) is 13.1. The maximum atomic E-state index is 13.3. The molecule has 1 amide bonds. The SMILES string of the molecule is C.CC.CC.CCNc1cc2c(cc1C)C1(c3cc(C)c(NCC)cc3O2)c2ccccc2C(=O)N1N.[HH]. The molecule has 0 unspecified atom stereocenters. The molecule has 6 nitrogen and oxygen atoms in total. The van der Waals surface area contributed by atoms with E-state index in [1.165, 1.54) is 5.01 Å². The van der Waals surface area contributed by atoms with Crippen molar-refractivity contribution in [2.24, 2.45) is 5.84 Å². The van der Waals surface area contributed by atoms with Crippen molar-refractivity contribution in [2.75, 3.05) is 23.7 Å². The molecule has 0 aromatic heterocycles. The van der Waals surface area contributed by atoms with E-state index in [1.807, 2.05) is 64.1 Å². The van der Waals surface area contributed by atoms with E-state index in [0.717, 1.165) is 52.3 Å². The van der Waals surface area contributed by atoms with Gasteiger partial charge in [0.2, 0.25) is 0 Å². The summed E-state index contributed by atoms with van der Waals surface area (Å²) < 4.78 is 6.47. The number of hydrogen-bond donors (Lipinski definition) is 3. The van der Waals surface area contributed by atoms with Crippen molar-refractivity contribution in [3.63, 3.8) is 0 Å². The van der Waals surface area contributed by atoms with E-state index < -0.39 is 5.54 Å². The lowest BCUT2D eigenvalue weighted by molar-refractivity contribution is 0.0665. The minimum absolute atomic E-state index is 0. The summed E-state index contributed by atoms with van der Waals surface area (Å²) in [5, 5.41) is 8.19. The topological polar surface area (TPSA) is 79.6 Å². The molecule has 0 aliphatic carbocycles. The van der Waals surface area contributed by atoms with Crippen LogP contribution in [0.5, 0.6) is 11.5 Å². The number of anilines is 2. The molecule has 6 heteroatoms. The number of nitrogens with one attached hydrogen (secondary N) is 2. The molecular formula is C31H46N4O2. The Labute approximate surface area is 224 Å². The van der Waals surface area contributed by atoms with Crippen LogP contribution in [-0.4, -0.2) is 24.0 Å². The van der Waals surface area contributed by atoms with Crippen LogP contribution in [-0.2, 0) is 5.54 Å². The lowest BCUT2D eigenvalue weighted by Crippen LogP contribution is -2.51. The number of hydrazine groups is 1. The molecule has 5 rings (SSSR count). The molecule has 0 saturated carbocycles. The van der Waals surface area contributed by atoms with E-state index in [4.69, 9.17) is 10.6 Å². The van der Waals surface area contributed by atoms with Gasteiger partial charge in [0.25, 0.3) is 5.91 Å². The average Bonchev–Trinajstić information content (AvgIpc) is 3.12. The number of ether oxygens (including phenoxy) is 1. The van der Waals surface area contributed by atoms with Gasteiger partial charge in [0.1, 0.15) is 17.0 Å². The molecule has 0 atom stereocenters. The zero-order valence-corrected chi connectivity index (χ0v) is 22.9. The van der Waals surface area contributed by atoms with E-state index in [9.17, 15) is 4.79 Å². The quantitative estimate of drug-likeness (QED) is 0.248. The molecule has 202 valence electrons. The predicted octanol–water partition coefficient (Wildman–Crippen LogP) is 7.83. The number of nitrogens with zero attached hydrogens (tertiary/aromatic N) is 1. The van der Waals surface area contributed by atoms with Gasteiger partial charge in [-0.3, -0.25) is 9.80 Å². The summed E-state index contributed by atoms with van der Waals surface area (Å²) in [6.07, 6.45) is 0. The molecule has 0 fully saturated rings. The summed E-state index contributed by atoms with van der Waals surface area (Å²) >= 11 is 0. The van der Waals surface area contributed by atoms with Crippen LogP contribution in [0.15, 0.2) is 48.5 Å². The first-order chi connectivity index (χ1) is 17.4. The lowest BCUT2D eigenvalue weighted by Gasteiger charge is -2.42. The molecule has 3 aromatic rings. The number of amides is 1. The number of benzene rings is 3. The highest BCUT2D eigenvalue weighted by molar-refractivity contribution is 6.02. The van der Waals surface area contributed by atoms with Crippen LogP contribution in [0.3, 0.4) is 0 Å². The Morgan fingerprint density at radius 2 is 1.30 bits per heavy atom. The molecule has 2 heterocycles. The maximum absolute atomic E-state index is 13.3. The van der Waals surface area contributed by atoms with Gasteiger partial charge in [-0.25, -0.2) is 5.84 Å². The first-order valence-corrected chi connectivity index (χ1v) is 13.1. The van der Waals surface area contributed by atoms with E-state index in [1.54, 1.807) is 0 Å². The van der Waals surface area contributed by atoms with Gasteiger partial charge in [-0.2, -0.15) is 0 Å². The van der Waals surface area contributed by atoms with Crippen LogP contribution in [0.1, 0.15) is 88.6 Å². The Balaban J connectivity index is 0.00000115. The average molecular weight is 507 g/mol. The molecule has 0 saturated heterocycles. The fourth-order valence-corrected chi connectivity index (χ4v) is 5.08. The van der Waals surface area contributed by atoms with Crippen LogP contribution in [0, 0.1) is 13.8 Å². The van der Waals surface area contributed by atoms with Crippen LogP contribution in [0.4, 0.5) is 11.4 Å². The zero-order chi connectivity index (χ0) is 26.6. The summed E-state index contributed by atoms with van der Waals surface area (Å²) in [6.45, 7) is 17.9. The molecular weight excluding hydrogens is 460 g/mol. The Morgan fingerprint density at radius 1 is 0.838 bits per heavy atom. The summed E-state index contributed by atoms with van der Waals surface area (Å²) in [5.41, 5.74) is 6.45. The normalized spacial score (nSPS) is 13.4. The van der Waals surface area contributed by atoms with Crippen LogP contribution in [0.25, 0.3) is 0 Å². The summed E-state index contributed by atoms with van der Waals surface area (Å²) in [6, 6.07) is 15.9. The third-order valence-corrected chi connectivity index (χ3v) is 6.51. The van der Waals surface area contributed by atoms with Crippen molar-refractivity contribution in [2.45, 2.75) is 68.4 Å². The molecule has 3 aromatic carbocycles. The third-order valence-electron chi connectivity index (χ3n) is 6.51. The first kappa shape index (κ1) is 29.7. The fraction of sp³-hybridized carbons (Fsp3) is 0.387. The van der Waals surface area contributed by atoms with Gasteiger partial charge in [-0.1, -0.05) is 53.3 Å². The Morgan fingerprint density at radius 3 is 1.76 bits per heavy atom. The van der Waals surface area contributed by atoms with Gasteiger partial charge in [0, 0.05) is 60.3 Å². The predicted molar refractivity (Wildman–Crippen MR) is 159 cm³/mol. The van der Waals surface area contributed by atoms with E-state index in [-0.39, 0.29) is 14.8 Å². The third kappa shape index (κ3) is 4.55. The van der Waals surface area contributed by atoms with Crippen LogP contribution < -0.4 is 21.2 Å². The van der Waals surface area contributed by atoms with Gasteiger partial charge in [0.05, 0.1) is 0 Å². The lowest BCUT2D eigenvalue weighted by atomic mass is 9.74. The van der Waals surface area contributed by atoms with Crippen molar-refractivity contribution in [3.8, 4) is 11.5 Å². The van der Waals surface area contributed by atoms with Gasteiger partial charge in [0.15, 0.2) is 0 Å². The Bertz CT molecular complexity index is 1200. The largest absolute Gasteiger partial charge is 0.456 e. The Kier molecular flexibility index (Phi) is 9.76. The van der Waals surface area contributed by atoms with Gasteiger partial charge in [-0.05, 0) is 57.0 Å². The zero-order valence-electron chi connectivity index (χ0n) is 22.9. The maximum Gasteiger partial charge on any atom is 0.269 e. The highest BCUT2D eigenvalue weighted by Gasteiger charge is 2.56. The van der Waals surface area contributed by atoms with Crippen molar-refractivity contribution in [1.29, 1.82) is 0 Å². The number of rotatable bonds is 4. The number of aryl methyl sites for hydroxylation is 2. The molecule has 2 aliphatic heterocycles. The molecule has 0 bridgehead atoms. The van der Waals surface area contributed by atoms with E-state index in [0.29, 0.717) is 17.1 Å². The number of carbonyl (C=O) groups excluding carboxylic acids is 1. The molecule has 4 N–H and O–H groups in total. The molecule has 2 aliphatic rings. The molecule has 1 spiro atoms. The fourth-order valence-electron chi connectivity index (χ4n) is 5.08. The second-order valence-corrected chi connectivity index (χ2v) is 8.42. The van der Waals surface area contributed by atoms with E-state index >= 15 is 0 Å². The highest BCUT2D eigenvalue weighted by atomic mass is 16.5. The monoisotopic (exact) mass is 506 g/mol. The van der Waals surface area contributed by atoms with E-state index in [2.05, 4.69) is 50.5 Å². The molecule has 0 radical (unpaired) electrons. The smallest absolute Gasteiger partial charge is 0.269 e. The number of fused-ring (bicyclic) bond motifs is 6. The van der Waals surface area contributed by atoms with Crippen molar-refractivity contribution in [1.82, 2.24) is 5.01 Å². The minimum atomic E-state index is -0.957. The van der Waals surface area contributed by atoms with Crippen LogP contribution in [0.2, 0.25) is 0 Å². The highest BCUT2D eigenvalue weighted by Crippen LogP contribution is 2.57. The second-order valence-electron chi connectivity index (χ2n) is 8.42. The minimum Gasteiger partial charge on any atom is -0.456 e. The Hall–Kier alpha value is -3.51. The number of hydrogen-bond acceptors (Lipinski definition) is 5. The number of nitrogens with two attached hydrogens (primary N) is 1. The van der Waals surface area contributed by atoms with Crippen LogP contribution >= 0.6 is 0 Å². The summed E-state index contributed by atoms with van der Waals surface area (Å²) in [4.78, 5) is 13.3.